The summed E-state index contributed by atoms with van der Waals surface area (Å²) in [6.45, 7) is 4.81. The van der Waals surface area contributed by atoms with Crippen molar-refractivity contribution in [1.82, 2.24) is 10.2 Å². The Balaban J connectivity index is 2.12. The van der Waals surface area contributed by atoms with Crippen molar-refractivity contribution >= 4 is 6.03 Å². The van der Waals surface area contributed by atoms with E-state index < -0.39 is 0 Å². The number of nitrogens with zero attached hydrogens (tertiary/aromatic N) is 1. The van der Waals surface area contributed by atoms with Crippen molar-refractivity contribution in [2.45, 2.75) is 32.6 Å². The molecule has 2 unspecified atom stereocenters. The third kappa shape index (κ3) is 1.54. The number of fused-ring (bicyclic) bond motifs is 1. The molecule has 72 valence electrons. The number of ether oxygens (including phenoxy) is 1. The van der Waals surface area contributed by atoms with Crippen molar-refractivity contribution in [3.63, 3.8) is 0 Å². The molecule has 4 nitrogen and oxygen atoms in total. The molecule has 0 bridgehead atoms. The van der Waals surface area contributed by atoms with Gasteiger partial charge >= 0.3 is 6.03 Å². The predicted molar refractivity (Wildman–Crippen MR) is 47.9 cm³/mol. The highest BCUT2D eigenvalue weighted by Crippen LogP contribution is 2.29. The quantitative estimate of drug-likeness (QED) is 0.649. The van der Waals surface area contributed by atoms with Gasteiger partial charge in [0.15, 0.2) is 6.23 Å². The summed E-state index contributed by atoms with van der Waals surface area (Å²) in [6.07, 6.45) is 2.89. The Morgan fingerprint density at radius 1 is 1.69 bits per heavy atom. The van der Waals surface area contributed by atoms with E-state index in [1.165, 1.54) is 0 Å². The molecule has 0 aromatic heterocycles. The van der Waals surface area contributed by atoms with Crippen molar-refractivity contribution in [3.05, 3.63) is 11.8 Å². The van der Waals surface area contributed by atoms with Gasteiger partial charge in [0, 0.05) is 12.7 Å². The fraction of sp³-hybridized carbons (Fsp3) is 0.667. The number of carbonyl (C=O) groups excluding carboxylic acids is 1. The Hall–Kier alpha value is -1.03. The monoisotopic (exact) mass is 182 g/mol. The van der Waals surface area contributed by atoms with E-state index in [1.54, 1.807) is 4.90 Å². The first-order valence-electron chi connectivity index (χ1n) is 4.63. The molecule has 2 heterocycles. The van der Waals surface area contributed by atoms with Gasteiger partial charge in [-0.3, -0.25) is 0 Å². The van der Waals surface area contributed by atoms with Crippen LogP contribution in [0, 0.1) is 0 Å². The third-order valence-electron chi connectivity index (χ3n) is 2.29. The first-order valence-corrected chi connectivity index (χ1v) is 4.63. The summed E-state index contributed by atoms with van der Waals surface area (Å²) in [4.78, 5) is 13.2. The molecule has 1 fully saturated rings. The maximum atomic E-state index is 11.5. The molecule has 0 aliphatic carbocycles. The van der Waals surface area contributed by atoms with E-state index in [0.29, 0.717) is 0 Å². The molecule has 0 aromatic rings. The summed E-state index contributed by atoms with van der Waals surface area (Å²) in [5, 5.41) is 2.79. The number of amides is 2. The minimum atomic E-state index is -0.0781. The van der Waals surface area contributed by atoms with Gasteiger partial charge in [-0.15, -0.1) is 0 Å². The highest BCUT2D eigenvalue weighted by atomic mass is 16.6. The molecular formula is C9H14N2O2. The number of rotatable bonds is 2. The smallest absolute Gasteiger partial charge is 0.323 e. The summed E-state index contributed by atoms with van der Waals surface area (Å²) in [5.74, 6) is 0. The van der Waals surface area contributed by atoms with Gasteiger partial charge in [0.2, 0.25) is 0 Å². The van der Waals surface area contributed by atoms with Gasteiger partial charge in [0.25, 0.3) is 0 Å². The lowest BCUT2D eigenvalue weighted by atomic mass is 10.2. The van der Waals surface area contributed by atoms with Crippen LogP contribution < -0.4 is 5.32 Å². The number of urea groups is 1. The molecule has 0 aromatic carbocycles. The van der Waals surface area contributed by atoms with Gasteiger partial charge in [-0.1, -0.05) is 6.92 Å². The van der Waals surface area contributed by atoms with Crippen LogP contribution in [0.25, 0.3) is 0 Å². The SMILES string of the molecule is CCCN1C=C(C)C2OC2NC1=O. The second kappa shape index (κ2) is 3.03. The average Bonchev–Trinajstić information content (AvgIpc) is 2.82. The van der Waals surface area contributed by atoms with E-state index in [9.17, 15) is 4.79 Å². The predicted octanol–water partition coefficient (Wildman–Crippen LogP) is 1.05. The Labute approximate surface area is 77.5 Å². The topological polar surface area (TPSA) is 44.9 Å². The van der Waals surface area contributed by atoms with Crippen molar-refractivity contribution in [2.24, 2.45) is 0 Å². The minimum Gasteiger partial charge on any atom is -0.343 e. The average molecular weight is 182 g/mol. The standard InChI is InChI=1S/C9H14N2O2/c1-3-4-11-5-6(2)7-8(13-7)10-9(11)12/h5,7-8H,3-4H2,1-2H3,(H,10,12). The zero-order chi connectivity index (χ0) is 9.42. The highest BCUT2D eigenvalue weighted by molar-refractivity contribution is 5.76. The Morgan fingerprint density at radius 2 is 2.46 bits per heavy atom. The van der Waals surface area contributed by atoms with Crippen LogP contribution in [-0.2, 0) is 4.74 Å². The van der Waals surface area contributed by atoms with E-state index in [0.717, 1.165) is 18.5 Å². The van der Waals surface area contributed by atoms with Crippen LogP contribution in [0.1, 0.15) is 20.3 Å². The summed E-state index contributed by atoms with van der Waals surface area (Å²) < 4.78 is 5.24. The Kier molecular flexibility index (Phi) is 2.00. The molecule has 2 aliphatic rings. The first kappa shape index (κ1) is 8.56. The van der Waals surface area contributed by atoms with Crippen LogP contribution in [-0.4, -0.2) is 29.8 Å². The number of hydrogen-bond acceptors (Lipinski definition) is 2. The molecule has 2 rings (SSSR count). The summed E-state index contributed by atoms with van der Waals surface area (Å²) in [5.41, 5.74) is 1.12. The summed E-state index contributed by atoms with van der Waals surface area (Å²) in [6, 6.07) is -0.0498. The van der Waals surface area contributed by atoms with Crippen LogP contribution in [0.15, 0.2) is 11.8 Å². The van der Waals surface area contributed by atoms with Gasteiger partial charge in [0.1, 0.15) is 6.10 Å². The van der Waals surface area contributed by atoms with Crippen molar-refractivity contribution < 1.29 is 9.53 Å². The molecule has 0 spiro atoms. The van der Waals surface area contributed by atoms with Crippen molar-refractivity contribution in [3.8, 4) is 0 Å². The van der Waals surface area contributed by atoms with E-state index >= 15 is 0 Å². The van der Waals surface area contributed by atoms with Crippen LogP contribution in [0.3, 0.4) is 0 Å². The van der Waals surface area contributed by atoms with Crippen molar-refractivity contribution in [1.29, 1.82) is 0 Å². The zero-order valence-corrected chi connectivity index (χ0v) is 7.91. The summed E-state index contributed by atoms with van der Waals surface area (Å²) >= 11 is 0. The maximum Gasteiger partial charge on any atom is 0.323 e. The number of hydrogen-bond donors (Lipinski definition) is 1. The largest absolute Gasteiger partial charge is 0.343 e. The van der Waals surface area contributed by atoms with Crippen LogP contribution in [0.5, 0.6) is 0 Å². The molecule has 2 atom stereocenters. The van der Waals surface area contributed by atoms with Gasteiger partial charge in [-0.25, -0.2) is 4.79 Å². The molecule has 13 heavy (non-hydrogen) atoms. The molecule has 1 N–H and O–H groups in total. The number of carbonyl (C=O) groups is 1. The molecule has 0 saturated carbocycles. The second-order valence-corrected chi connectivity index (χ2v) is 3.49. The number of epoxide rings is 1. The molecular weight excluding hydrogens is 168 g/mol. The zero-order valence-electron chi connectivity index (χ0n) is 7.91. The van der Waals surface area contributed by atoms with Gasteiger partial charge < -0.3 is 15.0 Å². The first-order chi connectivity index (χ1) is 6.22. The van der Waals surface area contributed by atoms with Gasteiger partial charge in [-0.2, -0.15) is 0 Å². The fourth-order valence-electron chi connectivity index (χ4n) is 1.56. The minimum absolute atomic E-state index is 0.0498. The highest BCUT2D eigenvalue weighted by Gasteiger charge is 2.44. The van der Waals surface area contributed by atoms with E-state index in [4.69, 9.17) is 4.74 Å². The lowest BCUT2D eigenvalue weighted by Gasteiger charge is -2.16. The molecule has 1 saturated heterocycles. The normalized spacial score (nSPS) is 31.7. The van der Waals surface area contributed by atoms with E-state index in [-0.39, 0.29) is 18.4 Å². The van der Waals surface area contributed by atoms with E-state index in [1.807, 2.05) is 13.1 Å². The maximum absolute atomic E-state index is 11.5. The number of nitrogens with one attached hydrogen (secondary N) is 1. The van der Waals surface area contributed by atoms with Crippen molar-refractivity contribution in [2.75, 3.05) is 6.54 Å². The van der Waals surface area contributed by atoms with Crippen LogP contribution in [0.4, 0.5) is 4.79 Å². The van der Waals surface area contributed by atoms with Crippen LogP contribution >= 0.6 is 0 Å². The van der Waals surface area contributed by atoms with Gasteiger partial charge in [-0.05, 0) is 18.9 Å². The fourth-order valence-corrected chi connectivity index (χ4v) is 1.56. The Morgan fingerprint density at radius 3 is 3.15 bits per heavy atom. The molecule has 0 radical (unpaired) electrons. The molecule has 4 heteroatoms. The lowest BCUT2D eigenvalue weighted by Crippen LogP contribution is -2.37. The Bertz CT molecular complexity index is 262. The van der Waals surface area contributed by atoms with E-state index in [2.05, 4.69) is 12.2 Å². The third-order valence-corrected chi connectivity index (χ3v) is 2.29. The molecule has 2 aliphatic heterocycles. The van der Waals surface area contributed by atoms with Crippen LogP contribution in [0.2, 0.25) is 0 Å². The second-order valence-electron chi connectivity index (χ2n) is 3.49. The summed E-state index contributed by atoms with van der Waals surface area (Å²) in [7, 11) is 0. The lowest BCUT2D eigenvalue weighted by molar-refractivity contribution is 0.207. The van der Waals surface area contributed by atoms with Gasteiger partial charge in [0.05, 0.1) is 0 Å². The molecule has 2 amide bonds.